The minimum Gasteiger partial charge on any atom is -0.492 e. The van der Waals surface area contributed by atoms with Crippen LogP contribution < -0.4 is 4.74 Å². The molecule has 1 aliphatic heterocycles. The Hall–Kier alpha value is -0.650. The number of rotatable bonds is 2. The normalized spacial score (nSPS) is 18.4. The van der Waals surface area contributed by atoms with E-state index in [0.717, 1.165) is 0 Å². The molecule has 1 heterocycles. The summed E-state index contributed by atoms with van der Waals surface area (Å²) >= 11 is 3.19. The molecule has 82 valence electrons. The molecule has 1 fully saturated rings. The van der Waals surface area contributed by atoms with Gasteiger partial charge in [-0.2, -0.15) is 0 Å². The van der Waals surface area contributed by atoms with Crippen LogP contribution in [0.1, 0.15) is 5.56 Å². The summed E-state index contributed by atoms with van der Waals surface area (Å²) in [7, 11) is 1.39. The first-order valence-electron chi connectivity index (χ1n) is 4.40. The molecule has 15 heavy (non-hydrogen) atoms. The molecule has 1 aromatic rings. The van der Waals surface area contributed by atoms with Gasteiger partial charge >= 0.3 is 0 Å². The molecule has 5 heteroatoms. The van der Waals surface area contributed by atoms with Crippen molar-refractivity contribution in [1.82, 2.24) is 0 Å². The zero-order valence-corrected chi connectivity index (χ0v) is 9.67. The first-order chi connectivity index (χ1) is 7.07. The van der Waals surface area contributed by atoms with Crippen molar-refractivity contribution < 1.29 is 19.0 Å². The third-order valence-corrected chi connectivity index (χ3v) is 3.01. The van der Waals surface area contributed by atoms with Crippen LogP contribution in [0.15, 0.2) is 16.6 Å². The fraction of sp³-hybridized carbons (Fsp3) is 0.400. The third-order valence-electron chi connectivity index (χ3n) is 2.42. The van der Waals surface area contributed by atoms with Crippen LogP contribution in [0.25, 0.3) is 0 Å². The van der Waals surface area contributed by atoms with Crippen molar-refractivity contribution >= 4 is 15.9 Å². The second-order valence-electron chi connectivity index (χ2n) is 3.50. The van der Waals surface area contributed by atoms with Crippen molar-refractivity contribution in [3.05, 3.63) is 28.0 Å². The van der Waals surface area contributed by atoms with Gasteiger partial charge in [0.25, 0.3) is 0 Å². The molecule has 0 saturated carbocycles. The number of halogens is 2. The molecule has 1 aromatic carbocycles. The fourth-order valence-corrected chi connectivity index (χ4v) is 2.08. The SMILES string of the molecule is COc1c(F)cc(C2(O)COC2)cc1Br. The predicted molar refractivity (Wildman–Crippen MR) is 55.4 cm³/mol. The lowest BCUT2D eigenvalue weighted by molar-refractivity contribution is -0.184. The molecule has 0 bridgehead atoms. The van der Waals surface area contributed by atoms with E-state index in [4.69, 9.17) is 9.47 Å². The molecule has 0 aromatic heterocycles. The lowest BCUT2D eigenvalue weighted by Crippen LogP contribution is -2.46. The maximum atomic E-state index is 13.5. The summed E-state index contributed by atoms with van der Waals surface area (Å²) in [5.74, 6) is -0.357. The number of hydrogen-bond donors (Lipinski definition) is 1. The predicted octanol–water partition coefficient (Wildman–Crippen LogP) is 1.81. The van der Waals surface area contributed by atoms with Crippen LogP contribution in [0.4, 0.5) is 4.39 Å². The number of hydrogen-bond acceptors (Lipinski definition) is 3. The maximum Gasteiger partial charge on any atom is 0.168 e. The van der Waals surface area contributed by atoms with Crippen molar-refractivity contribution in [1.29, 1.82) is 0 Å². The van der Waals surface area contributed by atoms with E-state index >= 15 is 0 Å². The number of aliphatic hydroxyl groups is 1. The van der Waals surface area contributed by atoms with E-state index < -0.39 is 11.4 Å². The zero-order valence-electron chi connectivity index (χ0n) is 8.09. The van der Waals surface area contributed by atoms with E-state index in [9.17, 15) is 9.50 Å². The van der Waals surface area contributed by atoms with Crippen molar-refractivity contribution in [2.24, 2.45) is 0 Å². The summed E-state index contributed by atoms with van der Waals surface area (Å²) in [6.07, 6.45) is 0. The highest BCUT2D eigenvalue weighted by Crippen LogP contribution is 2.36. The minimum atomic E-state index is -1.06. The smallest absolute Gasteiger partial charge is 0.168 e. The molecule has 3 nitrogen and oxygen atoms in total. The molecule has 1 N–H and O–H groups in total. The Morgan fingerprint density at radius 1 is 1.53 bits per heavy atom. The lowest BCUT2D eigenvalue weighted by Gasteiger charge is -2.36. The highest BCUT2D eigenvalue weighted by atomic mass is 79.9. The van der Waals surface area contributed by atoms with Crippen LogP contribution >= 0.6 is 15.9 Å². The van der Waals surface area contributed by atoms with Crippen molar-refractivity contribution in [2.45, 2.75) is 5.60 Å². The van der Waals surface area contributed by atoms with Gasteiger partial charge in [0.05, 0.1) is 24.8 Å². The van der Waals surface area contributed by atoms with E-state index in [1.54, 1.807) is 6.07 Å². The second-order valence-corrected chi connectivity index (χ2v) is 4.35. The van der Waals surface area contributed by atoms with Crippen molar-refractivity contribution in [2.75, 3.05) is 20.3 Å². The first-order valence-corrected chi connectivity index (χ1v) is 5.20. The van der Waals surface area contributed by atoms with Gasteiger partial charge in [0, 0.05) is 0 Å². The van der Waals surface area contributed by atoms with Gasteiger partial charge in [-0.3, -0.25) is 0 Å². The Bertz CT molecular complexity index is 367. The van der Waals surface area contributed by atoms with E-state index in [2.05, 4.69) is 15.9 Å². The highest BCUT2D eigenvalue weighted by molar-refractivity contribution is 9.10. The molecular formula is C10H10BrFO3. The summed E-state index contributed by atoms with van der Waals surface area (Å²) < 4.78 is 23.8. The Balaban J connectivity index is 2.43. The average molecular weight is 277 g/mol. The standard InChI is InChI=1S/C10H10BrFO3/c1-14-9-7(11)2-6(3-8(9)12)10(13)4-15-5-10/h2-3,13H,4-5H2,1H3. The largest absolute Gasteiger partial charge is 0.492 e. The van der Waals surface area contributed by atoms with Crippen LogP contribution in [0.5, 0.6) is 5.75 Å². The van der Waals surface area contributed by atoms with Gasteiger partial charge in [-0.1, -0.05) is 0 Å². The van der Waals surface area contributed by atoms with E-state index in [1.165, 1.54) is 13.2 Å². The fourth-order valence-electron chi connectivity index (χ4n) is 1.49. The molecule has 2 rings (SSSR count). The molecular weight excluding hydrogens is 267 g/mol. The minimum absolute atomic E-state index is 0.141. The molecule has 1 saturated heterocycles. The van der Waals surface area contributed by atoms with Gasteiger partial charge in [0.1, 0.15) is 5.60 Å². The molecule has 0 atom stereocenters. The molecule has 0 radical (unpaired) electrons. The number of methoxy groups -OCH3 is 1. The second kappa shape index (κ2) is 3.73. The Morgan fingerprint density at radius 3 is 2.60 bits per heavy atom. The molecule has 0 unspecified atom stereocenters. The topological polar surface area (TPSA) is 38.7 Å². The quantitative estimate of drug-likeness (QED) is 0.896. The van der Waals surface area contributed by atoms with E-state index in [1.807, 2.05) is 0 Å². The number of ether oxygens (including phenoxy) is 2. The molecule has 1 aliphatic rings. The van der Waals surface area contributed by atoms with Crippen LogP contribution in [0, 0.1) is 5.82 Å². The summed E-state index contributed by atoms with van der Waals surface area (Å²) in [6, 6.07) is 2.91. The summed E-state index contributed by atoms with van der Waals surface area (Å²) in [5, 5.41) is 9.94. The van der Waals surface area contributed by atoms with Crippen molar-refractivity contribution in [3.63, 3.8) is 0 Å². The third kappa shape index (κ3) is 1.75. The van der Waals surface area contributed by atoms with Crippen LogP contribution in [-0.4, -0.2) is 25.4 Å². The van der Waals surface area contributed by atoms with Crippen LogP contribution in [0.2, 0.25) is 0 Å². The van der Waals surface area contributed by atoms with Gasteiger partial charge in [0.15, 0.2) is 11.6 Å². The molecule has 0 amide bonds. The van der Waals surface area contributed by atoms with Gasteiger partial charge in [-0.25, -0.2) is 4.39 Å². The zero-order chi connectivity index (χ0) is 11.1. The van der Waals surface area contributed by atoms with Gasteiger partial charge in [0.2, 0.25) is 0 Å². The van der Waals surface area contributed by atoms with E-state index in [-0.39, 0.29) is 19.0 Å². The van der Waals surface area contributed by atoms with Gasteiger partial charge in [-0.05, 0) is 33.6 Å². The van der Waals surface area contributed by atoms with Gasteiger partial charge < -0.3 is 14.6 Å². The lowest BCUT2D eigenvalue weighted by atomic mass is 9.92. The van der Waals surface area contributed by atoms with Crippen molar-refractivity contribution in [3.8, 4) is 5.75 Å². The Labute approximate surface area is 94.9 Å². The molecule has 0 spiro atoms. The maximum absolute atomic E-state index is 13.5. The average Bonchev–Trinajstić information content (AvgIpc) is 2.13. The van der Waals surface area contributed by atoms with E-state index in [0.29, 0.717) is 10.0 Å². The summed E-state index contributed by atoms with van der Waals surface area (Å²) in [5.41, 5.74) is -0.561. The monoisotopic (exact) mass is 276 g/mol. The Kier molecular flexibility index (Phi) is 2.70. The van der Waals surface area contributed by atoms with Crippen LogP contribution in [-0.2, 0) is 10.3 Å². The van der Waals surface area contributed by atoms with Crippen LogP contribution in [0.3, 0.4) is 0 Å². The van der Waals surface area contributed by atoms with Gasteiger partial charge in [-0.15, -0.1) is 0 Å². The number of benzene rings is 1. The summed E-state index contributed by atoms with van der Waals surface area (Å²) in [4.78, 5) is 0. The highest BCUT2D eigenvalue weighted by Gasteiger charge is 2.38. The first kappa shape index (κ1) is 10.9. The summed E-state index contributed by atoms with van der Waals surface area (Å²) in [6.45, 7) is 0.399. The Morgan fingerprint density at radius 2 is 2.20 bits per heavy atom. The molecule has 0 aliphatic carbocycles.